The van der Waals surface area contributed by atoms with Gasteiger partial charge in [-0.1, -0.05) is 12.1 Å². The molecular formula is C17H16N2O4S. The van der Waals surface area contributed by atoms with Crippen LogP contribution in [0.5, 0.6) is 0 Å². The van der Waals surface area contributed by atoms with Gasteiger partial charge >= 0.3 is 0 Å². The number of ketones is 1. The highest BCUT2D eigenvalue weighted by atomic mass is 32.2. The van der Waals surface area contributed by atoms with Crippen molar-refractivity contribution in [3.05, 3.63) is 64.2 Å². The second-order valence-electron chi connectivity index (χ2n) is 5.14. The third-order valence-corrected chi connectivity index (χ3v) is 4.38. The van der Waals surface area contributed by atoms with Crippen LogP contribution in [0.25, 0.3) is 0 Å². The normalized spacial score (nSPS) is 11.6. The first kappa shape index (κ1) is 17.7. The molecule has 0 aliphatic carbocycles. The maximum Gasteiger partial charge on any atom is 0.269 e. The number of Topliss-reactive ketones (excluding diaryl/α,β-unsaturated/α-hetero) is 1. The highest BCUT2D eigenvalue weighted by Crippen LogP contribution is 2.26. The van der Waals surface area contributed by atoms with Crippen molar-refractivity contribution in [3.63, 3.8) is 0 Å². The molecule has 2 aromatic rings. The monoisotopic (exact) mass is 344 g/mol. The van der Waals surface area contributed by atoms with Gasteiger partial charge in [-0.05, 0) is 38.1 Å². The zero-order valence-electron chi connectivity index (χ0n) is 13.2. The van der Waals surface area contributed by atoms with Crippen LogP contribution in [0.15, 0.2) is 53.4 Å². The minimum atomic E-state index is -0.466. The van der Waals surface area contributed by atoms with Gasteiger partial charge in [-0.2, -0.15) is 0 Å². The van der Waals surface area contributed by atoms with Gasteiger partial charge in [0.05, 0.1) is 10.2 Å². The van der Waals surface area contributed by atoms with Gasteiger partial charge in [-0.15, -0.1) is 11.8 Å². The Morgan fingerprint density at radius 1 is 1.17 bits per heavy atom. The molecule has 7 heteroatoms. The molecule has 0 aromatic heterocycles. The molecule has 0 radical (unpaired) electrons. The second-order valence-corrected chi connectivity index (χ2v) is 6.55. The van der Waals surface area contributed by atoms with Crippen molar-refractivity contribution >= 4 is 34.8 Å². The van der Waals surface area contributed by atoms with E-state index in [9.17, 15) is 19.7 Å². The standard InChI is InChI=1S/C17H16N2O4S/c1-11(20)13-4-3-5-14(10-13)18-17(21)12(2)24-16-8-6-15(7-9-16)19(22)23/h3-10,12H,1-2H3,(H,18,21)/t12-/m0/s1. The molecule has 0 spiro atoms. The molecule has 0 heterocycles. The number of hydrogen-bond acceptors (Lipinski definition) is 5. The van der Waals surface area contributed by atoms with E-state index in [0.717, 1.165) is 4.90 Å². The Kier molecular flexibility index (Phi) is 5.70. The van der Waals surface area contributed by atoms with Crippen molar-refractivity contribution < 1.29 is 14.5 Å². The number of non-ortho nitro benzene ring substituents is 1. The zero-order chi connectivity index (χ0) is 17.7. The lowest BCUT2D eigenvalue weighted by Crippen LogP contribution is -2.22. The van der Waals surface area contributed by atoms with Crippen LogP contribution in [0.4, 0.5) is 11.4 Å². The molecule has 2 rings (SSSR count). The molecule has 1 amide bonds. The lowest BCUT2D eigenvalue weighted by molar-refractivity contribution is -0.384. The lowest BCUT2D eigenvalue weighted by atomic mass is 10.1. The van der Waals surface area contributed by atoms with E-state index in [1.807, 2.05) is 0 Å². The highest BCUT2D eigenvalue weighted by Gasteiger charge is 2.15. The fourth-order valence-electron chi connectivity index (χ4n) is 1.96. The average molecular weight is 344 g/mol. The van der Waals surface area contributed by atoms with E-state index in [4.69, 9.17) is 0 Å². The average Bonchev–Trinajstić information content (AvgIpc) is 2.55. The first-order valence-electron chi connectivity index (χ1n) is 7.20. The van der Waals surface area contributed by atoms with Crippen molar-refractivity contribution in [2.45, 2.75) is 24.0 Å². The predicted molar refractivity (Wildman–Crippen MR) is 93.5 cm³/mol. The molecule has 24 heavy (non-hydrogen) atoms. The Hall–Kier alpha value is -2.67. The Morgan fingerprint density at radius 2 is 1.83 bits per heavy atom. The van der Waals surface area contributed by atoms with Gasteiger partial charge in [-0.25, -0.2) is 0 Å². The number of carbonyl (C=O) groups is 2. The molecule has 0 saturated carbocycles. The van der Waals surface area contributed by atoms with Crippen LogP contribution in [-0.2, 0) is 4.79 Å². The number of anilines is 1. The molecule has 1 atom stereocenters. The molecule has 0 aliphatic heterocycles. The Labute approximate surface area is 143 Å². The minimum absolute atomic E-state index is 0.0116. The Morgan fingerprint density at radius 3 is 2.42 bits per heavy atom. The molecule has 0 fully saturated rings. The number of hydrogen-bond donors (Lipinski definition) is 1. The molecule has 0 unspecified atom stereocenters. The van der Waals surface area contributed by atoms with Crippen LogP contribution in [0, 0.1) is 10.1 Å². The summed E-state index contributed by atoms with van der Waals surface area (Å²) in [7, 11) is 0. The fourth-order valence-corrected chi connectivity index (χ4v) is 2.83. The summed E-state index contributed by atoms with van der Waals surface area (Å²) < 4.78 is 0. The van der Waals surface area contributed by atoms with E-state index in [2.05, 4.69) is 5.32 Å². The third-order valence-electron chi connectivity index (χ3n) is 3.27. The van der Waals surface area contributed by atoms with E-state index in [0.29, 0.717) is 11.3 Å². The smallest absolute Gasteiger partial charge is 0.269 e. The zero-order valence-corrected chi connectivity index (χ0v) is 14.0. The minimum Gasteiger partial charge on any atom is -0.325 e. The molecular weight excluding hydrogens is 328 g/mol. The Balaban J connectivity index is 2.00. The summed E-state index contributed by atoms with van der Waals surface area (Å²) in [6.07, 6.45) is 0. The van der Waals surface area contributed by atoms with Crippen molar-refractivity contribution in [2.75, 3.05) is 5.32 Å². The number of benzene rings is 2. The van der Waals surface area contributed by atoms with E-state index >= 15 is 0 Å². The highest BCUT2D eigenvalue weighted by molar-refractivity contribution is 8.00. The summed E-state index contributed by atoms with van der Waals surface area (Å²) in [5, 5.41) is 13.0. The molecule has 0 bridgehead atoms. The van der Waals surface area contributed by atoms with Crippen molar-refractivity contribution in [3.8, 4) is 0 Å². The van der Waals surface area contributed by atoms with Crippen LogP contribution in [0.3, 0.4) is 0 Å². The van der Waals surface area contributed by atoms with Crippen LogP contribution in [0.1, 0.15) is 24.2 Å². The molecule has 0 aliphatic rings. The fraction of sp³-hybridized carbons (Fsp3) is 0.176. The second kappa shape index (κ2) is 7.74. The van der Waals surface area contributed by atoms with Gasteiger partial charge in [0.15, 0.2) is 5.78 Å². The first-order valence-corrected chi connectivity index (χ1v) is 8.08. The largest absolute Gasteiger partial charge is 0.325 e. The van der Waals surface area contributed by atoms with Crippen LogP contribution in [-0.4, -0.2) is 21.9 Å². The van der Waals surface area contributed by atoms with Gasteiger partial charge in [-0.3, -0.25) is 19.7 Å². The first-order chi connectivity index (χ1) is 11.4. The number of nitrogens with zero attached hydrogens (tertiary/aromatic N) is 1. The summed E-state index contributed by atoms with van der Waals surface area (Å²) in [6.45, 7) is 3.21. The van der Waals surface area contributed by atoms with Gasteiger partial charge in [0.25, 0.3) is 5.69 Å². The number of thioether (sulfide) groups is 1. The van der Waals surface area contributed by atoms with Gasteiger partial charge in [0.2, 0.25) is 5.91 Å². The molecule has 2 aromatic carbocycles. The van der Waals surface area contributed by atoms with E-state index in [1.165, 1.54) is 30.8 Å². The number of nitro benzene ring substituents is 1. The number of amides is 1. The van der Waals surface area contributed by atoms with Gasteiger partial charge < -0.3 is 5.32 Å². The summed E-state index contributed by atoms with van der Waals surface area (Å²) in [4.78, 5) is 34.5. The summed E-state index contributed by atoms with van der Waals surface area (Å²) in [5.74, 6) is -0.279. The quantitative estimate of drug-likeness (QED) is 0.371. The number of nitro groups is 1. The number of rotatable bonds is 6. The van der Waals surface area contributed by atoms with Crippen LogP contribution < -0.4 is 5.32 Å². The van der Waals surface area contributed by atoms with Crippen molar-refractivity contribution in [1.29, 1.82) is 0 Å². The topological polar surface area (TPSA) is 89.3 Å². The van der Waals surface area contributed by atoms with E-state index < -0.39 is 10.2 Å². The maximum atomic E-state index is 12.2. The molecule has 1 N–H and O–H groups in total. The molecule has 124 valence electrons. The van der Waals surface area contributed by atoms with Crippen molar-refractivity contribution in [1.82, 2.24) is 0 Å². The third kappa shape index (κ3) is 4.66. The number of nitrogens with one attached hydrogen (secondary N) is 1. The SMILES string of the molecule is CC(=O)c1cccc(NC(=O)[C@H](C)Sc2ccc([N+](=O)[O-])cc2)c1. The van der Waals surface area contributed by atoms with Crippen LogP contribution >= 0.6 is 11.8 Å². The lowest BCUT2D eigenvalue weighted by Gasteiger charge is -2.12. The summed E-state index contributed by atoms with van der Waals surface area (Å²) in [5.41, 5.74) is 1.10. The summed E-state index contributed by atoms with van der Waals surface area (Å²) in [6, 6.07) is 12.8. The maximum absolute atomic E-state index is 12.2. The van der Waals surface area contributed by atoms with E-state index in [-0.39, 0.29) is 17.4 Å². The summed E-state index contributed by atoms with van der Waals surface area (Å²) >= 11 is 1.30. The molecule has 6 nitrogen and oxygen atoms in total. The number of carbonyl (C=O) groups excluding carboxylic acids is 2. The Bertz CT molecular complexity index is 774. The van der Waals surface area contributed by atoms with Gasteiger partial charge in [0, 0.05) is 28.3 Å². The molecule has 0 saturated heterocycles. The van der Waals surface area contributed by atoms with Crippen LogP contribution in [0.2, 0.25) is 0 Å². The van der Waals surface area contributed by atoms with Gasteiger partial charge in [0.1, 0.15) is 0 Å². The van der Waals surface area contributed by atoms with E-state index in [1.54, 1.807) is 43.3 Å². The van der Waals surface area contributed by atoms with Crippen molar-refractivity contribution in [2.24, 2.45) is 0 Å². The predicted octanol–water partition coefficient (Wildman–Crippen LogP) is 3.92.